The maximum absolute atomic E-state index is 4.22. The van der Waals surface area contributed by atoms with E-state index in [4.69, 9.17) is 0 Å². The van der Waals surface area contributed by atoms with Crippen LogP contribution in [0.3, 0.4) is 0 Å². The molecular formula is C13H21N3. The summed E-state index contributed by atoms with van der Waals surface area (Å²) in [7, 11) is 0. The highest BCUT2D eigenvalue weighted by atomic mass is 15.3. The van der Waals surface area contributed by atoms with Crippen molar-refractivity contribution in [2.45, 2.75) is 44.7 Å². The van der Waals surface area contributed by atoms with Gasteiger partial charge in [0.15, 0.2) is 0 Å². The summed E-state index contributed by atoms with van der Waals surface area (Å²) in [6.45, 7) is 2.07. The average molecular weight is 219 g/mol. The molecule has 1 heterocycles. The van der Waals surface area contributed by atoms with Gasteiger partial charge in [0, 0.05) is 25.0 Å². The molecule has 16 heavy (non-hydrogen) atoms. The van der Waals surface area contributed by atoms with Crippen molar-refractivity contribution in [3.05, 3.63) is 18.5 Å². The maximum Gasteiger partial charge on any atom is 0.0534 e. The molecule has 1 aromatic rings. The van der Waals surface area contributed by atoms with Crippen LogP contribution in [0.2, 0.25) is 0 Å². The van der Waals surface area contributed by atoms with Gasteiger partial charge in [0.05, 0.1) is 6.54 Å². The predicted octanol–water partition coefficient (Wildman–Crippen LogP) is 2.05. The van der Waals surface area contributed by atoms with Crippen LogP contribution in [0.4, 0.5) is 0 Å². The summed E-state index contributed by atoms with van der Waals surface area (Å²) in [6, 6.07) is 2.78. The molecule has 3 saturated carbocycles. The van der Waals surface area contributed by atoms with Crippen LogP contribution in [-0.4, -0.2) is 22.4 Å². The van der Waals surface area contributed by atoms with Crippen LogP contribution in [0.25, 0.3) is 0 Å². The van der Waals surface area contributed by atoms with Crippen LogP contribution >= 0.6 is 0 Å². The van der Waals surface area contributed by atoms with Crippen molar-refractivity contribution in [1.82, 2.24) is 15.1 Å². The van der Waals surface area contributed by atoms with E-state index >= 15 is 0 Å². The summed E-state index contributed by atoms with van der Waals surface area (Å²) in [5, 5.41) is 7.95. The van der Waals surface area contributed by atoms with E-state index in [0.29, 0.717) is 0 Å². The van der Waals surface area contributed by atoms with E-state index in [-0.39, 0.29) is 0 Å². The molecule has 0 amide bonds. The van der Waals surface area contributed by atoms with Gasteiger partial charge in [0.1, 0.15) is 0 Å². The Morgan fingerprint density at radius 2 is 2.12 bits per heavy atom. The Morgan fingerprint density at radius 1 is 1.25 bits per heavy atom. The molecule has 0 aromatic carbocycles. The Hall–Kier alpha value is -0.830. The van der Waals surface area contributed by atoms with Crippen LogP contribution < -0.4 is 5.32 Å². The SMILES string of the molecule is c1cnn(CCNC2CC3CCC2CC3)c1. The fourth-order valence-corrected chi connectivity index (χ4v) is 3.43. The molecule has 1 atom stereocenters. The molecule has 3 nitrogen and oxygen atoms in total. The van der Waals surface area contributed by atoms with E-state index in [1.165, 1.54) is 32.1 Å². The second kappa shape index (κ2) is 4.58. The lowest BCUT2D eigenvalue weighted by molar-refractivity contribution is 0.123. The van der Waals surface area contributed by atoms with Crippen LogP contribution in [0, 0.1) is 11.8 Å². The van der Waals surface area contributed by atoms with Crippen LogP contribution in [0.15, 0.2) is 18.5 Å². The van der Waals surface area contributed by atoms with Gasteiger partial charge >= 0.3 is 0 Å². The molecule has 1 N–H and O–H groups in total. The van der Waals surface area contributed by atoms with Gasteiger partial charge in [-0.05, 0) is 37.2 Å². The molecule has 3 fully saturated rings. The van der Waals surface area contributed by atoms with Crippen molar-refractivity contribution in [1.29, 1.82) is 0 Å². The monoisotopic (exact) mass is 219 g/mol. The quantitative estimate of drug-likeness (QED) is 0.840. The molecule has 0 spiro atoms. The van der Waals surface area contributed by atoms with Crippen LogP contribution in [-0.2, 0) is 6.54 Å². The molecular weight excluding hydrogens is 198 g/mol. The molecule has 88 valence electrons. The van der Waals surface area contributed by atoms with Gasteiger partial charge in [0.25, 0.3) is 0 Å². The largest absolute Gasteiger partial charge is 0.312 e. The molecule has 1 unspecified atom stereocenters. The second-order valence-electron chi connectivity index (χ2n) is 5.35. The zero-order valence-corrected chi connectivity index (χ0v) is 9.81. The van der Waals surface area contributed by atoms with Crippen molar-refractivity contribution in [3.8, 4) is 0 Å². The van der Waals surface area contributed by atoms with Gasteiger partial charge in [0.2, 0.25) is 0 Å². The van der Waals surface area contributed by atoms with Crippen LogP contribution in [0.5, 0.6) is 0 Å². The first-order valence-corrected chi connectivity index (χ1v) is 6.62. The maximum atomic E-state index is 4.22. The first-order valence-electron chi connectivity index (χ1n) is 6.62. The summed E-state index contributed by atoms with van der Waals surface area (Å²) >= 11 is 0. The van der Waals surface area contributed by atoms with Gasteiger partial charge in [-0.15, -0.1) is 0 Å². The molecule has 3 aliphatic rings. The first kappa shape index (κ1) is 10.3. The normalized spacial score (nSPS) is 33.1. The Kier molecular flexibility index (Phi) is 2.96. The molecule has 3 heteroatoms. The van der Waals surface area contributed by atoms with Gasteiger partial charge in [-0.25, -0.2) is 0 Å². The average Bonchev–Trinajstić information content (AvgIpc) is 2.84. The Labute approximate surface area is 97.2 Å². The fourth-order valence-electron chi connectivity index (χ4n) is 3.43. The summed E-state index contributed by atoms with van der Waals surface area (Å²) in [5.41, 5.74) is 0. The van der Waals surface area contributed by atoms with E-state index in [2.05, 4.69) is 10.4 Å². The number of nitrogens with one attached hydrogen (secondary N) is 1. The highest BCUT2D eigenvalue weighted by Gasteiger charge is 2.34. The van der Waals surface area contributed by atoms with E-state index in [0.717, 1.165) is 31.0 Å². The smallest absolute Gasteiger partial charge is 0.0534 e. The van der Waals surface area contributed by atoms with E-state index < -0.39 is 0 Å². The lowest BCUT2D eigenvalue weighted by Crippen LogP contribution is -2.45. The number of fused-ring (bicyclic) bond motifs is 3. The lowest BCUT2D eigenvalue weighted by atomic mass is 9.68. The van der Waals surface area contributed by atoms with Crippen molar-refractivity contribution in [2.24, 2.45) is 11.8 Å². The van der Waals surface area contributed by atoms with E-state index in [9.17, 15) is 0 Å². The summed E-state index contributed by atoms with van der Waals surface area (Å²) in [4.78, 5) is 0. The topological polar surface area (TPSA) is 29.9 Å². The molecule has 0 radical (unpaired) electrons. The summed E-state index contributed by atoms with van der Waals surface area (Å²) in [6.07, 6.45) is 11.2. The Bertz CT molecular complexity index is 312. The minimum atomic E-state index is 0.795. The number of rotatable bonds is 4. The first-order chi connectivity index (χ1) is 7.92. The molecule has 4 rings (SSSR count). The zero-order valence-electron chi connectivity index (χ0n) is 9.81. The molecule has 2 bridgehead atoms. The van der Waals surface area contributed by atoms with Crippen molar-refractivity contribution in [2.75, 3.05) is 6.54 Å². The highest BCUT2D eigenvalue weighted by Crippen LogP contribution is 2.41. The summed E-state index contributed by atoms with van der Waals surface area (Å²) < 4.78 is 2.01. The molecule has 0 saturated heterocycles. The minimum absolute atomic E-state index is 0.795. The van der Waals surface area contributed by atoms with Crippen LogP contribution in [0.1, 0.15) is 32.1 Å². The van der Waals surface area contributed by atoms with Gasteiger partial charge in [-0.3, -0.25) is 4.68 Å². The van der Waals surface area contributed by atoms with E-state index in [1.54, 1.807) is 0 Å². The number of hydrogen-bond acceptors (Lipinski definition) is 2. The predicted molar refractivity (Wildman–Crippen MR) is 64.1 cm³/mol. The van der Waals surface area contributed by atoms with Gasteiger partial charge < -0.3 is 5.32 Å². The number of hydrogen-bond donors (Lipinski definition) is 1. The van der Waals surface area contributed by atoms with Gasteiger partial charge in [-0.2, -0.15) is 5.10 Å². The standard InChI is InChI=1S/C13H21N3/c1-6-15-16(8-1)9-7-14-13-10-11-2-4-12(13)5-3-11/h1,6,8,11-14H,2-5,7,9-10H2. The Balaban J connectivity index is 1.45. The third-order valence-electron chi connectivity index (χ3n) is 4.35. The zero-order chi connectivity index (χ0) is 10.8. The van der Waals surface area contributed by atoms with Gasteiger partial charge in [-0.1, -0.05) is 12.8 Å². The summed E-state index contributed by atoms with van der Waals surface area (Å²) in [5.74, 6) is 1.98. The minimum Gasteiger partial charge on any atom is -0.312 e. The van der Waals surface area contributed by atoms with Crippen molar-refractivity contribution in [3.63, 3.8) is 0 Å². The van der Waals surface area contributed by atoms with Crippen molar-refractivity contribution < 1.29 is 0 Å². The fraction of sp³-hybridized carbons (Fsp3) is 0.769. The third kappa shape index (κ3) is 2.14. The highest BCUT2D eigenvalue weighted by molar-refractivity contribution is 4.90. The number of aromatic nitrogens is 2. The molecule has 3 aliphatic carbocycles. The number of nitrogens with zero attached hydrogens (tertiary/aromatic N) is 2. The van der Waals surface area contributed by atoms with E-state index in [1.807, 2.05) is 23.1 Å². The molecule has 1 aromatic heterocycles. The lowest BCUT2D eigenvalue weighted by Gasteiger charge is -2.42. The third-order valence-corrected chi connectivity index (χ3v) is 4.35. The van der Waals surface area contributed by atoms with Crippen molar-refractivity contribution >= 4 is 0 Å². The molecule has 0 aliphatic heterocycles. The second-order valence-corrected chi connectivity index (χ2v) is 5.35. The Morgan fingerprint density at radius 3 is 2.75 bits per heavy atom.